The zero-order valence-corrected chi connectivity index (χ0v) is 18.6. The maximum Gasteiger partial charge on any atom is 0.248 e. The van der Waals surface area contributed by atoms with Crippen LogP contribution in [0.5, 0.6) is 11.6 Å². The molecule has 1 amide bonds. The molecular weight excluding hydrogens is 436 g/mol. The number of amides is 1. The van der Waals surface area contributed by atoms with E-state index in [0.717, 1.165) is 11.3 Å². The third-order valence-electron chi connectivity index (χ3n) is 5.48. The van der Waals surface area contributed by atoms with E-state index in [-0.39, 0.29) is 12.0 Å². The van der Waals surface area contributed by atoms with E-state index in [2.05, 4.69) is 26.3 Å². The fraction of sp³-hybridized carbons (Fsp3) is 0.292. The molecule has 1 saturated heterocycles. The first-order valence-corrected chi connectivity index (χ1v) is 10.8. The molecule has 1 aromatic carbocycles. The van der Waals surface area contributed by atoms with Crippen molar-refractivity contribution < 1.29 is 19.4 Å². The van der Waals surface area contributed by atoms with Gasteiger partial charge in [0.2, 0.25) is 17.7 Å². The minimum absolute atomic E-state index is 0.104. The highest BCUT2D eigenvalue weighted by Crippen LogP contribution is 2.28. The largest absolute Gasteiger partial charge is 0.489 e. The molecule has 0 unspecified atom stereocenters. The Balaban J connectivity index is 1.47. The molecule has 2 N–H and O–H groups in total. The Bertz CT molecular complexity index is 1200. The van der Waals surface area contributed by atoms with Gasteiger partial charge in [0.25, 0.3) is 0 Å². The van der Waals surface area contributed by atoms with E-state index in [0.29, 0.717) is 54.8 Å². The van der Waals surface area contributed by atoms with Gasteiger partial charge in [0, 0.05) is 55.6 Å². The van der Waals surface area contributed by atoms with E-state index in [9.17, 15) is 10.1 Å². The Morgan fingerprint density at radius 3 is 2.74 bits per heavy atom. The predicted octanol–water partition coefficient (Wildman–Crippen LogP) is 2.52. The minimum atomic E-state index is -0.484. The van der Waals surface area contributed by atoms with E-state index in [1.807, 2.05) is 6.07 Å². The smallest absolute Gasteiger partial charge is 0.248 e. The van der Waals surface area contributed by atoms with Crippen LogP contribution in [0.2, 0.25) is 0 Å². The number of likely N-dealkylation sites (tertiary alicyclic amines) is 1. The molecule has 34 heavy (non-hydrogen) atoms. The van der Waals surface area contributed by atoms with Crippen LogP contribution in [0, 0.1) is 11.3 Å². The van der Waals surface area contributed by atoms with Crippen LogP contribution in [0.3, 0.4) is 0 Å². The molecule has 0 atom stereocenters. The van der Waals surface area contributed by atoms with Crippen LogP contribution in [0.25, 0.3) is 11.3 Å². The van der Waals surface area contributed by atoms with Gasteiger partial charge in [-0.1, -0.05) is 0 Å². The number of nitrogens with one attached hydrogen (secondary N) is 1. The lowest BCUT2D eigenvalue weighted by molar-refractivity contribution is -0.135. The number of pyridine rings is 1. The van der Waals surface area contributed by atoms with E-state index in [4.69, 9.17) is 14.6 Å². The van der Waals surface area contributed by atoms with E-state index >= 15 is 0 Å². The number of aliphatic hydroxyl groups is 1. The van der Waals surface area contributed by atoms with Crippen molar-refractivity contribution in [1.82, 2.24) is 19.9 Å². The molecule has 1 fully saturated rings. The summed E-state index contributed by atoms with van der Waals surface area (Å²) < 4.78 is 11.2. The number of aromatic nitrogens is 3. The normalized spacial score (nSPS) is 13.7. The number of piperidine rings is 1. The van der Waals surface area contributed by atoms with Crippen LogP contribution in [-0.4, -0.2) is 63.8 Å². The minimum Gasteiger partial charge on any atom is -0.489 e. The number of hydrogen-bond donors (Lipinski definition) is 2. The van der Waals surface area contributed by atoms with Crippen molar-refractivity contribution in [3.05, 3.63) is 54.4 Å². The molecule has 0 spiro atoms. The van der Waals surface area contributed by atoms with Crippen molar-refractivity contribution in [2.24, 2.45) is 0 Å². The second-order valence-electron chi connectivity index (χ2n) is 7.66. The topological polar surface area (TPSA) is 133 Å². The second kappa shape index (κ2) is 10.6. The van der Waals surface area contributed by atoms with E-state index in [1.54, 1.807) is 54.7 Å². The number of nitriles is 1. The zero-order chi connectivity index (χ0) is 23.9. The Labute approximate surface area is 196 Å². The van der Waals surface area contributed by atoms with Gasteiger partial charge in [-0.3, -0.25) is 4.79 Å². The van der Waals surface area contributed by atoms with Gasteiger partial charge in [-0.15, -0.1) is 0 Å². The summed E-state index contributed by atoms with van der Waals surface area (Å²) in [7, 11) is 1.55. The van der Waals surface area contributed by atoms with Gasteiger partial charge in [-0.25, -0.2) is 15.0 Å². The van der Waals surface area contributed by atoms with Gasteiger partial charge in [-0.05, 0) is 30.3 Å². The number of carbonyl (C=O) groups is 1. The second-order valence-corrected chi connectivity index (χ2v) is 7.66. The predicted molar refractivity (Wildman–Crippen MR) is 124 cm³/mol. The number of benzene rings is 1. The summed E-state index contributed by atoms with van der Waals surface area (Å²) in [6.45, 7) is 0.552. The zero-order valence-electron chi connectivity index (χ0n) is 18.6. The summed E-state index contributed by atoms with van der Waals surface area (Å²) in [5.74, 6) is 1.09. The summed E-state index contributed by atoms with van der Waals surface area (Å²) >= 11 is 0. The summed E-state index contributed by atoms with van der Waals surface area (Å²) in [5, 5.41) is 21.8. The van der Waals surface area contributed by atoms with Crippen LogP contribution in [-0.2, 0) is 4.79 Å². The lowest BCUT2D eigenvalue weighted by Crippen LogP contribution is -2.42. The summed E-state index contributed by atoms with van der Waals surface area (Å²) in [5.41, 5.74) is 2.54. The quantitative estimate of drug-likeness (QED) is 0.545. The fourth-order valence-corrected chi connectivity index (χ4v) is 3.69. The van der Waals surface area contributed by atoms with Crippen molar-refractivity contribution >= 4 is 17.5 Å². The fourth-order valence-electron chi connectivity index (χ4n) is 3.69. The molecule has 4 rings (SSSR count). The van der Waals surface area contributed by atoms with Crippen LogP contribution in [0.15, 0.2) is 48.8 Å². The number of rotatable bonds is 7. The van der Waals surface area contributed by atoms with Crippen LogP contribution in [0.4, 0.5) is 11.6 Å². The van der Waals surface area contributed by atoms with Crippen LogP contribution >= 0.6 is 0 Å². The van der Waals surface area contributed by atoms with Crippen molar-refractivity contribution in [2.45, 2.75) is 18.9 Å². The summed E-state index contributed by atoms with van der Waals surface area (Å²) in [6.07, 6.45) is 4.43. The Morgan fingerprint density at radius 2 is 2.00 bits per heavy atom. The highest BCUT2D eigenvalue weighted by molar-refractivity contribution is 5.77. The molecule has 1 aliphatic rings. The van der Waals surface area contributed by atoms with Gasteiger partial charge in [0.15, 0.2) is 0 Å². The average Bonchev–Trinajstić information content (AvgIpc) is 2.89. The van der Waals surface area contributed by atoms with Gasteiger partial charge in [0.1, 0.15) is 24.5 Å². The van der Waals surface area contributed by atoms with E-state index in [1.165, 1.54) is 0 Å². The van der Waals surface area contributed by atoms with Gasteiger partial charge in [0.05, 0.1) is 18.4 Å². The number of ether oxygens (including phenoxy) is 2. The number of nitrogens with zero attached hydrogens (tertiary/aromatic N) is 5. The van der Waals surface area contributed by atoms with Gasteiger partial charge < -0.3 is 24.8 Å². The van der Waals surface area contributed by atoms with Crippen LogP contribution in [0.1, 0.15) is 18.4 Å². The van der Waals surface area contributed by atoms with Crippen molar-refractivity contribution in [2.75, 3.05) is 32.1 Å². The summed E-state index contributed by atoms with van der Waals surface area (Å²) in [6, 6.07) is 12.8. The molecule has 3 heterocycles. The lowest BCUT2D eigenvalue weighted by Gasteiger charge is -2.32. The number of carbonyl (C=O) groups excluding carboxylic acids is 1. The monoisotopic (exact) mass is 460 g/mol. The molecule has 0 saturated carbocycles. The SMILES string of the molecule is COc1cc(Nc2nccc(-c3ccc(OC4CCN(C(=O)CO)CC4)c(C#N)c3)n2)ccn1. The van der Waals surface area contributed by atoms with Crippen LogP contribution < -0.4 is 14.8 Å². The molecule has 10 nitrogen and oxygen atoms in total. The molecular formula is C24H24N6O4. The molecule has 2 aromatic heterocycles. The highest BCUT2D eigenvalue weighted by Gasteiger charge is 2.24. The first kappa shape index (κ1) is 22.9. The molecule has 10 heteroatoms. The summed E-state index contributed by atoms with van der Waals surface area (Å²) in [4.78, 5) is 26.1. The number of methoxy groups -OCH3 is 1. The van der Waals surface area contributed by atoms with E-state index < -0.39 is 6.61 Å². The Hall–Kier alpha value is -4.23. The Kier molecular flexibility index (Phi) is 7.15. The number of hydrogen-bond acceptors (Lipinski definition) is 9. The van der Waals surface area contributed by atoms with Gasteiger partial charge >= 0.3 is 0 Å². The first-order valence-electron chi connectivity index (χ1n) is 10.8. The third-order valence-corrected chi connectivity index (χ3v) is 5.48. The number of aliphatic hydroxyl groups excluding tert-OH is 1. The van der Waals surface area contributed by atoms with Gasteiger partial charge in [-0.2, -0.15) is 5.26 Å². The molecule has 0 aliphatic carbocycles. The third kappa shape index (κ3) is 5.39. The maximum absolute atomic E-state index is 11.6. The van der Waals surface area contributed by atoms with Crippen molar-refractivity contribution in [3.8, 4) is 29.0 Å². The maximum atomic E-state index is 11.6. The standard InChI is InChI=1S/C24H24N6O4/c1-33-22-13-18(4-8-26-22)28-24-27-9-5-20(29-24)16-2-3-21(17(12-16)14-25)34-19-6-10-30(11-7-19)23(32)15-31/h2-5,8-9,12-13,19,31H,6-7,10-11,15H2,1H3,(H,26,27,28,29). The van der Waals surface area contributed by atoms with Crippen molar-refractivity contribution in [1.29, 1.82) is 5.26 Å². The lowest BCUT2D eigenvalue weighted by atomic mass is 10.1. The highest BCUT2D eigenvalue weighted by atomic mass is 16.5. The molecule has 0 radical (unpaired) electrons. The molecule has 0 bridgehead atoms. The molecule has 1 aliphatic heterocycles. The first-order chi connectivity index (χ1) is 16.6. The molecule has 174 valence electrons. The van der Waals surface area contributed by atoms with Crippen molar-refractivity contribution in [3.63, 3.8) is 0 Å². The molecule has 3 aromatic rings. The average molecular weight is 460 g/mol. The number of anilines is 2. The Morgan fingerprint density at radius 1 is 1.21 bits per heavy atom.